The van der Waals surface area contributed by atoms with Crippen molar-refractivity contribution in [3.05, 3.63) is 28.8 Å². The molecule has 0 saturated carbocycles. The van der Waals surface area contributed by atoms with Crippen molar-refractivity contribution >= 4 is 11.9 Å². The van der Waals surface area contributed by atoms with Crippen molar-refractivity contribution in [1.82, 2.24) is 5.32 Å². The first-order valence-corrected chi connectivity index (χ1v) is 7.55. The van der Waals surface area contributed by atoms with Gasteiger partial charge in [-0.1, -0.05) is 13.8 Å². The number of carbonyl (C=O) groups is 2. The van der Waals surface area contributed by atoms with Gasteiger partial charge in [0.25, 0.3) is 5.91 Å². The molecule has 0 heterocycles. The number of aliphatic carboxylic acids is 1. The van der Waals surface area contributed by atoms with Gasteiger partial charge in [-0.15, -0.1) is 0 Å². The van der Waals surface area contributed by atoms with Crippen molar-refractivity contribution in [2.45, 2.75) is 40.5 Å². The van der Waals surface area contributed by atoms with E-state index in [0.29, 0.717) is 23.8 Å². The Morgan fingerprint density at radius 1 is 1.23 bits per heavy atom. The number of benzene rings is 1. The number of carboxylic acid groups (broad SMARTS) is 1. The average molecular weight is 307 g/mol. The van der Waals surface area contributed by atoms with Gasteiger partial charge in [-0.2, -0.15) is 0 Å². The van der Waals surface area contributed by atoms with Crippen molar-refractivity contribution in [2.75, 3.05) is 13.2 Å². The Morgan fingerprint density at radius 2 is 1.82 bits per heavy atom. The van der Waals surface area contributed by atoms with Crippen LogP contribution < -0.4 is 10.1 Å². The van der Waals surface area contributed by atoms with E-state index in [1.807, 2.05) is 0 Å². The number of nitrogens with one attached hydrogen (secondary N) is 1. The van der Waals surface area contributed by atoms with Crippen LogP contribution in [0.2, 0.25) is 0 Å². The lowest BCUT2D eigenvalue weighted by Crippen LogP contribution is -2.25. The van der Waals surface area contributed by atoms with E-state index in [9.17, 15) is 9.59 Å². The molecular formula is C17H25NO4. The molecule has 0 bridgehead atoms. The van der Waals surface area contributed by atoms with Gasteiger partial charge in [0.2, 0.25) is 0 Å². The van der Waals surface area contributed by atoms with Gasteiger partial charge in [-0.05, 0) is 55.9 Å². The highest BCUT2D eigenvalue weighted by molar-refractivity contribution is 5.94. The van der Waals surface area contributed by atoms with E-state index in [2.05, 4.69) is 19.2 Å². The van der Waals surface area contributed by atoms with Gasteiger partial charge in [-0.3, -0.25) is 4.79 Å². The van der Waals surface area contributed by atoms with Gasteiger partial charge in [0.1, 0.15) is 5.75 Å². The molecular weight excluding hydrogens is 282 g/mol. The molecule has 2 N–H and O–H groups in total. The van der Waals surface area contributed by atoms with Gasteiger partial charge in [-0.25, -0.2) is 4.79 Å². The van der Waals surface area contributed by atoms with Gasteiger partial charge >= 0.3 is 5.97 Å². The second-order valence-electron chi connectivity index (χ2n) is 5.91. The summed E-state index contributed by atoms with van der Waals surface area (Å²) in [4.78, 5) is 22.7. The summed E-state index contributed by atoms with van der Waals surface area (Å²) in [5, 5.41) is 11.6. The highest BCUT2D eigenvalue weighted by atomic mass is 16.5. The van der Waals surface area contributed by atoms with Crippen LogP contribution in [0.25, 0.3) is 0 Å². The Bertz CT molecular complexity index is 514. The van der Waals surface area contributed by atoms with Crippen LogP contribution in [0.15, 0.2) is 12.1 Å². The first kappa shape index (κ1) is 18.0. The molecule has 22 heavy (non-hydrogen) atoms. The molecule has 1 amide bonds. The maximum Gasteiger partial charge on any atom is 0.341 e. The summed E-state index contributed by atoms with van der Waals surface area (Å²) in [5.41, 5.74) is 2.09. The molecule has 0 aliphatic heterocycles. The summed E-state index contributed by atoms with van der Waals surface area (Å²) >= 11 is 0. The van der Waals surface area contributed by atoms with E-state index in [4.69, 9.17) is 9.84 Å². The van der Waals surface area contributed by atoms with Crippen molar-refractivity contribution in [3.8, 4) is 5.75 Å². The fourth-order valence-corrected chi connectivity index (χ4v) is 2.26. The summed E-state index contributed by atoms with van der Waals surface area (Å²) in [5.74, 6) is 0.0244. The van der Waals surface area contributed by atoms with E-state index in [-0.39, 0.29) is 12.5 Å². The number of carbonyl (C=O) groups excluding carboxylic acids is 1. The first-order valence-electron chi connectivity index (χ1n) is 7.55. The number of ether oxygens (including phenoxy) is 1. The fourth-order valence-electron chi connectivity index (χ4n) is 2.26. The standard InChI is InChI=1S/C17H25NO4/c1-11(2)6-5-7-18-17(21)14-8-12(3)16(13(4)9-14)22-10-15(19)20/h8-9,11H,5-7,10H2,1-4H3,(H,18,21)(H,19,20). The van der Waals surface area contributed by atoms with Gasteiger partial charge < -0.3 is 15.2 Å². The van der Waals surface area contributed by atoms with Crippen LogP contribution in [0.4, 0.5) is 0 Å². The lowest BCUT2D eigenvalue weighted by atomic mass is 10.0. The van der Waals surface area contributed by atoms with E-state index >= 15 is 0 Å². The molecule has 1 rings (SSSR count). The van der Waals surface area contributed by atoms with Crippen LogP contribution in [0.5, 0.6) is 5.75 Å². The average Bonchev–Trinajstić information content (AvgIpc) is 2.41. The predicted octanol–water partition coefficient (Wildman–Crippen LogP) is 2.93. The number of aryl methyl sites for hydroxylation is 2. The van der Waals surface area contributed by atoms with Crippen LogP contribution in [-0.2, 0) is 4.79 Å². The summed E-state index contributed by atoms with van der Waals surface area (Å²) in [6.07, 6.45) is 2.04. The second kappa shape index (κ2) is 8.41. The first-order chi connectivity index (χ1) is 10.3. The summed E-state index contributed by atoms with van der Waals surface area (Å²) < 4.78 is 5.26. The zero-order valence-corrected chi connectivity index (χ0v) is 13.7. The zero-order chi connectivity index (χ0) is 16.7. The fraction of sp³-hybridized carbons (Fsp3) is 0.529. The van der Waals surface area contributed by atoms with Crippen LogP contribution in [0.3, 0.4) is 0 Å². The molecule has 5 nitrogen and oxygen atoms in total. The molecule has 0 aliphatic carbocycles. The molecule has 122 valence electrons. The molecule has 0 aromatic heterocycles. The number of amides is 1. The zero-order valence-electron chi connectivity index (χ0n) is 13.7. The SMILES string of the molecule is Cc1cc(C(=O)NCCCC(C)C)cc(C)c1OCC(=O)O. The molecule has 5 heteroatoms. The maximum atomic E-state index is 12.1. The molecule has 0 saturated heterocycles. The quantitative estimate of drug-likeness (QED) is 0.724. The number of rotatable bonds is 8. The maximum absolute atomic E-state index is 12.1. The van der Waals surface area contributed by atoms with Crippen molar-refractivity contribution in [3.63, 3.8) is 0 Å². The third-order valence-corrected chi connectivity index (χ3v) is 3.31. The van der Waals surface area contributed by atoms with Crippen molar-refractivity contribution in [2.24, 2.45) is 5.92 Å². The van der Waals surface area contributed by atoms with Gasteiger partial charge in [0, 0.05) is 12.1 Å². The van der Waals surface area contributed by atoms with E-state index in [1.165, 1.54) is 0 Å². The lowest BCUT2D eigenvalue weighted by Gasteiger charge is -2.13. The van der Waals surface area contributed by atoms with Crippen LogP contribution in [0, 0.1) is 19.8 Å². The predicted molar refractivity (Wildman–Crippen MR) is 85.5 cm³/mol. The Balaban J connectivity index is 2.68. The molecule has 0 atom stereocenters. The molecule has 0 fully saturated rings. The third-order valence-electron chi connectivity index (χ3n) is 3.31. The molecule has 1 aromatic carbocycles. The van der Waals surface area contributed by atoms with E-state index in [1.54, 1.807) is 26.0 Å². The van der Waals surface area contributed by atoms with E-state index < -0.39 is 5.97 Å². The van der Waals surface area contributed by atoms with E-state index in [0.717, 1.165) is 24.0 Å². The Labute approximate surface area is 131 Å². The Hall–Kier alpha value is -2.04. The molecule has 0 radical (unpaired) electrons. The summed E-state index contributed by atoms with van der Waals surface area (Å²) in [6.45, 7) is 8.20. The normalized spacial score (nSPS) is 10.6. The second-order valence-corrected chi connectivity index (χ2v) is 5.91. The molecule has 1 aromatic rings. The highest BCUT2D eigenvalue weighted by Crippen LogP contribution is 2.24. The summed E-state index contributed by atoms with van der Waals surface area (Å²) in [7, 11) is 0. The monoisotopic (exact) mass is 307 g/mol. The molecule has 0 unspecified atom stereocenters. The summed E-state index contributed by atoms with van der Waals surface area (Å²) in [6, 6.07) is 3.45. The largest absolute Gasteiger partial charge is 0.481 e. The highest BCUT2D eigenvalue weighted by Gasteiger charge is 2.12. The smallest absolute Gasteiger partial charge is 0.341 e. The number of hydrogen-bond donors (Lipinski definition) is 2. The van der Waals surface area contributed by atoms with Crippen LogP contribution in [-0.4, -0.2) is 30.1 Å². The number of carboxylic acids is 1. The van der Waals surface area contributed by atoms with Crippen molar-refractivity contribution < 1.29 is 19.4 Å². The minimum absolute atomic E-state index is 0.111. The van der Waals surface area contributed by atoms with Crippen LogP contribution >= 0.6 is 0 Å². The minimum Gasteiger partial charge on any atom is -0.481 e. The van der Waals surface area contributed by atoms with Crippen LogP contribution in [0.1, 0.15) is 48.2 Å². The topological polar surface area (TPSA) is 75.6 Å². The molecule has 0 aliphatic rings. The Kier molecular flexibility index (Phi) is 6.89. The number of hydrogen-bond acceptors (Lipinski definition) is 3. The molecule has 0 spiro atoms. The van der Waals surface area contributed by atoms with Gasteiger partial charge in [0.05, 0.1) is 0 Å². The Morgan fingerprint density at radius 3 is 2.32 bits per heavy atom. The van der Waals surface area contributed by atoms with Crippen molar-refractivity contribution in [1.29, 1.82) is 0 Å². The third kappa shape index (κ3) is 5.76. The van der Waals surface area contributed by atoms with Gasteiger partial charge in [0.15, 0.2) is 6.61 Å². The lowest BCUT2D eigenvalue weighted by molar-refractivity contribution is -0.139. The minimum atomic E-state index is -1.02.